The first-order valence-electron chi connectivity index (χ1n) is 4.53. The molecule has 1 nitrogen and oxygen atoms in total. The van der Waals surface area contributed by atoms with Gasteiger partial charge >= 0.3 is 0 Å². The fraction of sp³-hybridized carbons (Fsp3) is 0.400. The molecule has 1 atom stereocenters. The fourth-order valence-corrected chi connectivity index (χ4v) is 2.67. The number of thioether (sulfide) groups is 1. The second-order valence-corrected chi connectivity index (χ2v) is 4.81. The summed E-state index contributed by atoms with van der Waals surface area (Å²) in [6.45, 7) is 1.00. The summed E-state index contributed by atoms with van der Waals surface area (Å²) in [7, 11) is 0. The van der Waals surface area contributed by atoms with Crippen LogP contribution in [0.25, 0.3) is 0 Å². The number of hydrogen-bond donors (Lipinski definition) is 1. The molecule has 1 N–H and O–H groups in total. The summed E-state index contributed by atoms with van der Waals surface area (Å²) in [6.07, 6.45) is 0. The van der Waals surface area contributed by atoms with E-state index in [1.807, 2.05) is 11.8 Å². The molecule has 76 valence electrons. The number of hydrogen-bond acceptors (Lipinski definition) is 2. The molecule has 1 aromatic rings. The van der Waals surface area contributed by atoms with Crippen molar-refractivity contribution < 1.29 is 4.39 Å². The average Bonchev–Trinajstić information content (AvgIpc) is 2.23. The topological polar surface area (TPSA) is 12.0 Å². The van der Waals surface area contributed by atoms with Gasteiger partial charge in [-0.1, -0.05) is 17.7 Å². The molecule has 0 amide bonds. The Hall–Kier alpha value is -0.250. The summed E-state index contributed by atoms with van der Waals surface area (Å²) in [5, 5.41) is 3.59. The molecular formula is C10H11ClFNS. The minimum atomic E-state index is -0.348. The van der Waals surface area contributed by atoms with Crippen LogP contribution in [-0.2, 0) is 0 Å². The Morgan fingerprint density at radius 3 is 3.00 bits per heavy atom. The van der Waals surface area contributed by atoms with Gasteiger partial charge < -0.3 is 5.32 Å². The largest absolute Gasteiger partial charge is 0.308 e. The van der Waals surface area contributed by atoms with Crippen molar-refractivity contribution in [2.75, 3.05) is 18.1 Å². The summed E-state index contributed by atoms with van der Waals surface area (Å²) in [6, 6.07) is 5.25. The Labute approximate surface area is 92.0 Å². The van der Waals surface area contributed by atoms with E-state index in [4.69, 9.17) is 11.6 Å². The Bertz CT molecular complexity index is 326. The Kier molecular flexibility index (Phi) is 3.31. The molecule has 0 aliphatic carbocycles. The van der Waals surface area contributed by atoms with Crippen LogP contribution in [0.5, 0.6) is 0 Å². The molecule has 0 radical (unpaired) electrons. The van der Waals surface area contributed by atoms with Crippen molar-refractivity contribution in [2.24, 2.45) is 0 Å². The third kappa shape index (κ3) is 2.22. The van der Waals surface area contributed by atoms with Crippen LogP contribution in [0.2, 0.25) is 5.02 Å². The molecule has 1 unspecified atom stereocenters. The van der Waals surface area contributed by atoms with Crippen LogP contribution in [0.4, 0.5) is 4.39 Å². The lowest BCUT2D eigenvalue weighted by Crippen LogP contribution is -2.30. The van der Waals surface area contributed by atoms with E-state index < -0.39 is 0 Å². The molecule has 1 fully saturated rings. The zero-order chi connectivity index (χ0) is 9.97. The molecule has 1 saturated heterocycles. The standard InChI is InChI=1S/C10H11ClFNS/c11-8-5-7(1-2-9(8)12)10-6-14-4-3-13-10/h1-2,5,10,13H,3-4,6H2. The SMILES string of the molecule is Fc1ccc(C2CSCCN2)cc1Cl. The van der Waals surface area contributed by atoms with Crippen LogP contribution in [0.3, 0.4) is 0 Å². The van der Waals surface area contributed by atoms with Gasteiger partial charge in [0.15, 0.2) is 0 Å². The first-order valence-corrected chi connectivity index (χ1v) is 6.07. The van der Waals surface area contributed by atoms with Crippen LogP contribution in [-0.4, -0.2) is 18.1 Å². The van der Waals surface area contributed by atoms with Gasteiger partial charge in [0, 0.05) is 24.1 Å². The van der Waals surface area contributed by atoms with Crippen LogP contribution in [0.15, 0.2) is 18.2 Å². The van der Waals surface area contributed by atoms with Crippen LogP contribution in [0, 0.1) is 5.82 Å². The molecule has 4 heteroatoms. The van der Waals surface area contributed by atoms with Gasteiger partial charge in [-0.25, -0.2) is 4.39 Å². The van der Waals surface area contributed by atoms with E-state index in [1.165, 1.54) is 6.07 Å². The zero-order valence-corrected chi connectivity index (χ0v) is 9.17. The second kappa shape index (κ2) is 4.51. The minimum absolute atomic E-state index is 0.208. The summed E-state index contributed by atoms with van der Waals surface area (Å²) < 4.78 is 12.9. The van der Waals surface area contributed by atoms with Gasteiger partial charge in [0.25, 0.3) is 0 Å². The maximum atomic E-state index is 12.9. The Morgan fingerprint density at radius 2 is 2.36 bits per heavy atom. The van der Waals surface area contributed by atoms with Gasteiger partial charge in [0.2, 0.25) is 0 Å². The number of rotatable bonds is 1. The summed E-state index contributed by atoms with van der Waals surface area (Å²) >= 11 is 7.63. The van der Waals surface area contributed by atoms with Crippen molar-refractivity contribution in [3.63, 3.8) is 0 Å². The fourth-order valence-electron chi connectivity index (χ4n) is 1.51. The first-order chi connectivity index (χ1) is 6.77. The minimum Gasteiger partial charge on any atom is -0.308 e. The predicted octanol–water partition coefficient (Wildman–Crippen LogP) is 2.86. The van der Waals surface area contributed by atoms with Crippen molar-refractivity contribution >= 4 is 23.4 Å². The molecule has 1 aliphatic heterocycles. The molecule has 14 heavy (non-hydrogen) atoms. The highest BCUT2D eigenvalue weighted by atomic mass is 35.5. The normalized spacial score (nSPS) is 22.3. The van der Waals surface area contributed by atoms with Crippen molar-refractivity contribution in [1.29, 1.82) is 0 Å². The van der Waals surface area contributed by atoms with E-state index in [-0.39, 0.29) is 10.8 Å². The third-order valence-corrected chi connectivity index (χ3v) is 3.62. The summed E-state index contributed by atoms with van der Waals surface area (Å²) in [5.41, 5.74) is 1.07. The average molecular weight is 232 g/mol. The van der Waals surface area contributed by atoms with Gasteiger partial charge in [-0.15, -0.1) is 0 Å². The maximum absolute atomic E-state index is 12.9. The van der Waals surface area contributed by atoms with Gasteiger partial charge in [0.1, 0.15) is 5.82 Å². The molecule has 0 spiro atoms. The van der Waals surface area contributed by atoms with Crippen LogP contribution in [0.1, 0.15) is 11.6 Å². The van der Waals surface area contributed by atoms with Gasteiger partial charge in [-0.3, -0.25) is 0 Å². The summed E-state index contributed by atoms with van der Waals surface area (Å²) in [5.74, 6) is 1.83. The predicted molar refractivity (Wildman–Crippen MR) is 59.5 cm³/mol. The highest BCUT2D eigenvalue weighted by Crippen LogP contribution is 2.25. The molecule has 0 aromatic heterocycles. The highest BCUT2D eigenvalue weighted by molar-refractivity contribution is 7.99. The Balaban J connectivity index is 2.18. The van der Waals surface area contributed by atoms with E-state index in [9.17, 15) is 4.39 Å². The van der Waals surface area contributed by atoms with E-state index in [0.29, 0.717) is 6.04 Å². The monoisotopic (exact) mass is 231 g/mol. The van der Waals surface area contributed by atoms with Crippen LogP contribution < -0.4 is 5.32 Å². The lowest BCUT2D eigenvalue weighted by Gasteiger charge is -2.23. The zero-order valence-electron chi connectivity index (χ0n) is 7.59. The number of nitrogens with one attached hydrogen (secondary N) is 1. The van der Waals surface area contributed by atoms with E-state index in [2.05, 4.69) is 5.32 Å². The van der Waals surface area contributed by atoms with E-state index in [1.54, 1.807) is 12.1 Å². The lowest BCUT2D eigenvalue weighted by molar-refractivity contribution is 0.589. The van der Waals surface area contributed by atoms with Crippen molar-refractivity contribution in [3.05, 3.63) is 34.6 Å². The number of halogens is 2. The third-order valence-electron chi connectivity index (χ3n) is 2.27. The van der Waals surface area contributed by atoms with Crippen molar-refractivity contribution in [3.8, 4) is 0 Å². The summed E-state index contributed by atoms with van der Waals surface area (Å²) in [4.78, 5) is 0. The molecule has 1 aromatic carbocycles. The molecule has 1 heterocycles. The highest BCUT2D eigenvalue weighted by Gasteiger charge is 2.15. The Morgan fingerprint density at radius 1 is 1.50 bits per heavy atom. The molecule has 0 saturated carbocycles. The van der Waals surface area contributed by atoms with Crippen molar-refractivity contribution in [2.45, 2.75) is 6.04 Å². The van der Waals surface area contributed by atoms with Gasteiger partial charge in [-0.2, -0.15) is 11.8 Å². The van der Waals surface area contributed by atoms with E-state index >= 15 is 0 Å². The second-order valence-electron chi connectivity index (χ2n) is 3.26. The first kappa shape index (κ1) is 10.3. The van der Waals surface area contributed by atoms with Gasteiger partial charge in [-0.05, 0) is 17.7 Å². The molecule has 1 aliphatic rings. The van der Waals surface area contributed by atoms with Crippen molar-refractivity contribution in [1.82, 2.24) is 5.32 Å². The number of benzene rings is 1. The molecule has 0 bridgehead atoms. The smallest absolute Gasteiger partial charge is 0.141 e. The lowest BCUT2D eigenvalue weighted by atomic mass is 10.1. The van der Waals surface area contributed by atoms with Crippen LogP contribution >= 0.6 is 23.4 Å². The maximum Gasteiger partial charge on any atom is 0.141 e. The molecular weight excluding hydrogens is 221 g/mol. The molecule has 2 rings (SSSR count). The van der Waals surface area contributed by atoms with E-state index in [0.717, 1.165) is 23.6 Å². The van der Waals surface area contributed by atoms with Gasteiger partial charge in [0.05, 0.1) is 5.02 Å². The quantitative estimate of drug-likeness (QED) is 0.798.